The van der Waals surface area contributed by atoms with E-state index in [-0.39, 0.29) is 6.73 Å². The molecule has 1 saturated heterocycles. The van der Waals surface area contributed by atoms with E-state index in [9.17, 15) is 8.42 Å². The van der Waals surface area contributed by atoms with Gasteiger partial charge < -0.3 is 15.5 Å². The van der Waals surface area contributed by atoms with Crippen LogP contribution in [0.3, 0.4) is 0 Å². The highest BCUT2D eigenvalue weighted by Crippen LogP contribution is 2.23. The highest BCUT2D eigenvalue weighted by Gasteiger charge is 2.32. The number of hydrogen-bond acceptors (Lipinski definition) is 7. The summed E-state index contributed by atoms with van der Waals surface area (Å²) in [4.78, 5) is 4.20. The number of nitrogen functional groups attached to an aromatic ring is 1. The van der Waals surface area contributed by atoms with E-state index in [4.69, 9.17) is 10.3 Å². The van der Waals surface area contributed by atoms with Crippen LogP contribution in [0.5, 0.6) is 0 Å². The standard InChI is InChI=1S/C14H22N6O4S/c1-20(10-24-25(21,22)23)6-2-3-11(9-20)7-17-13-4-5-16-14-12(15)8-18-19(13)14/h4-5,8,11,17H,2-3,6-7,9-10,15H2,1H3/p+1. The number of quaternary nitrogens is 1. The van der Waals surface area contributed by atoms with E-state index < -0.39 is 10.4 Å². The summed E-state index contributed by atoms with van der Waals surface area (Å²) in [5.41, 5.74) is 6.96. The van der Waals surface area contributed by atoms with Gasteiger partial charge >= 0.3 is 10.4 Å². The summed E-state index contributed by atoms with van der Waals surface area (Å²) in [7, 11) is -2.49. The Kier molecular flexibility index (Phi) is 4.82. The largest absolute Gasteiger partial charge is 0.401 e. The van der Waals surface area contributed by atoms with Gasteiger partial charge in [0, 0.05) is 18.7 Å². The lowest BCUT2D eigenvalue weighted by molar-refractivity contribution is -0.932. The predicted octanol–water partition coefficient (Wildman–Crippen LogP) is 0.357. The molecule has 2 aromatic heterocycles. The quantitative estimate of drug-likeness (QED) is 0.490. The molecular weight excluding hydrogens is 348 g/mol. The first-order valence-electron chi connectivity index (χ1n) is 8.03. The number of hydrogen-bond donors (Lipinski definition) is 3. The summed E-state index contributed by atoms with van der Waals surface area (Å²) in [5.74, 6) is 1.13. The Balaban J connectivity index is 1.63. The maximum atomic E-state index is 10.8. The normalized spacial score (nSPS) is 24.5. The molecular formula is C14H23N6O4S+. The minimum Gasteiger partial charge on any atom is -0.394 e. The van der Waals surface area contributed by atoms with E-state index >= 15 is 0 Å². The average molecular weight is 371 g/mol. The van der Waals surface area contributed by atoms with E-state index in [1.807, 2.05) is 13.1 Å². The van der Waals surface area contributed by atoms with Crippen molar-refractivity contribution in [2.75, 3.05) is 44.5 Å². The zero-order valence-corrected chi connectivity index (χ0v) is 14.8. The lowest BCUT2D eigenvalue weighted by Crippen LogP contribution is -2.53. The van der Waals surface area contributed by atoms with Crippen LogP contribution >= 0.6 is 0 Å². The van der Waals surface area contributed by atoms with Gasteiger partial charge in [0.05, 0.1) is 32.0 Å². The molecule has 1 aliphatic heterocycles. The summed E-state index contributed by atoms with van der Waals surface area (Å²) >= 11 is 0. The molecule has 4 N–H and O–H groups in total. The zero-order chi connectivity index (χ0) is 18.1. The highest BCUT2D eigenvalue weighted by molar-refractivity contribution is 7.80. The molecule has 0 amide bonds. The molecule has 0 saturated carbocycles. The Hall–Kier alpha value is -1.95. The third-order valence-electron chi connectivity index (χ3n) is 4.52. The van der Waals surface area contributed by atoms with Crippen LogP contribution in [0, 0.1) is 5.92 Å². The van der Waals surface area contributed by atoms with Crippen LogP contribution in [0.25, 0.3) is 5.65 Å². The van der Waals surface area contributed by atoms with E-state index in [1.54, 1.807) is 16.9 Å². The molecule has 2 atom stereocenters. The van der Waals surface area contributed by atoms with E-state index in [2.05, 4.69) is 19.6 Å². The Labute approximate surface area is 146 Å². The van der Waals surface area contributed by atoms with E-state index in [0.29, 0.717) is 28.3 Å². The van der Waals surface area contributed by atoms with Gasteiger partial charge in [-0.25, -0.2) is 4.98 Å². The number of anilines is 2. The molecule has 3 heterocycles. The molecule has 0 aliphatic carbocycles. The minimum atomic E-state index is -4.42. The molecule has 0 bridgehead atoms. The Morgan fingerprint density at radius 3 is 3.12 bits per heavy atom. The van der Waals surface area contributed by atoms with Gasteiger partial charge in [0.15, 0.2) is 5.65 Å². The molecule has 0 spiro atoms. The van der Waals surface area contributed by atoms with Gasteiger partial charge in [-0.3, -0.25) is 4.55 Å². The molecule has 0 aromatic carbocycles. The van der Waals surface area contributed by atoms with Crippen molar-refractivity contribution in [1.29, 1.82) is 0 Å². The minimum absolute atomic E-state index is 0.0650. The Morgan fingerprint density at radius 1 is 1.56 bits per heavy atom. The number of rotatable bonds is 6. The number of nitrogens with one attached hydrogen (secondary N) is 1. The Morgan fingerprint density at radius 2 is 2.36 bits per heavy atom. The first kappa shape index (κ1) is 17.9. The number of likely N-dealkylation sites (tertiary alicyclic amines) is 1. The predicted molar refractivity (Wildman–Crippen MR) is 92.0 cm³/mol. The van der Waals surface area contributed by atoms with Crippen molar-refractivity contribution >= 4 is 27.6 Å². The molecule has 0 radical (unpaired) electrons. The number of piperidine rings is 1. The number of fused-ring (bicyclic) bond motifs is 1. The topological polar surface area (TPSA) is 132 Å². The second kappa shape index (κ2) is 6.75. The molecule has 1 fully saturated rings. The van der Waals surface area contributed by atoms with Crippen molar-refractivity contribution in [2.45, 2.75) is 12.8 Å². The number of nitrogens with two attached hydrogens (primary N) is 1. The summed E-state index contributed by atoms with van der Waals surface area (Å²) in [6.45, 7) is 2.20. The van der Waals surface area contributed by atoms with Gasteiger partial charge in [-0.05, 0) is 18.9 Å². The average Bonchev–Trinajstić information content (AvgIpc) is 2.93. The number of aromatic nitrogens is 3. The Bertz CT molecular complexity index is 854. The molecule has 11 heteroatoms. The molecule has 1 aliphatic rings. The lowest BCUT2D eigenvalue weighted by atomic mass is 9.96. The van der Waals surface area contributed by atoms with Gasteiger partial charge in [0.2, 0.25) is 6.73 Å². The van der Waals surface area contributed by atoms with E-state index in [0.717, 1.165) is 31.7 Å². The third-order valence-corrected chi connectivity index (χ3v) is 4.93. The van der Waals surface area contributed by atoms with Crippen molar-refractivity contribution < 1.29 is 21.6 Å². The number of nitrogens with zero attached hydrogens (tertiary/aromatic N) is 4. The van der Waals surface area contributed by atoms with Crippen LogP contribution in [0.2, 0.25) is 0 Å². The second-order valence-corrected chi connectivity index (χ2v) is 7.85. The van der Waals surface area contributed by atoms with Gasteiger partial charge in [0.1, 0.15) is 5.82 Å². The molecule has 25 heavy (non-hydrogen) atoms. The van der Waals surface area contributed by atoms with Crippen molar-refractivity contribution in [3.63, 3.8) is 0 Å². The van der Waals surface area contributed by atoms with Crippen LogP contribution in [-0.4, -0.2) is 65.5 Å². The first-order valence-corrected chi connectivity index (χ1v) is 9.40. The maximum absolute atomic E-state index is 10.8. The highest BCUT2D eigenvalue weighted by atomic mass is 32.3. The summed E-state index contributed by atoms with van der Waals surface area (Å²) in [6.07, 6.45) is 5.23. The van der Waals surface area contributed by atoms with Crippen molar-refractivity contribution in [3.8, 4) is 0 Å². The molecule has 138 valence electrons. The van der Waals surface area contributed by atoms with Crippen molar-refractivity contribution in [3.05, 3.63) is 18.5 Å². The second-order valence-electron chi connectivity index (χ2n) is 6.75. The maximum Gasteiger partial charge on any atom is 0.401 e. The van der Waals surface area contributed by atoms with Crippen LogP contribution in [0.1, 0.15) is 12.8 Å². The van der Waals surface area contributed by atoms with Crippen LogP contribution in [0.15, 0.2) is 18.5 Å². The molecule has 10 nitrogen and oxygen atoms in total. The monoisotopic (exact) mass is 371 g/mol. The van der Waals surface area contributed by atoms with Crippen LogP contribution in [0.4, 0.5) is 11.5 Å². The van der Waals surface area contributed by atoms with Crippen LogP contribution < -0.4 is 11.1 Å². The molecule has 2 aromatic rings. The zero-order valence-electron chi connectivity index (χ0n) is 14.0. The first-order chi connectivity index (χ1) is 11.8. The van der Waals surface area contributed by atoms with Crippen molar-refractivity contribution in [1.82, 2.24) is 14.6 Å². The van der Waals surface area contributed by atoms with E-state index in [1.165, 1.54) is 0 Å². The van der Waals surface area contributed by atoms with Gasteiger partial charge in [-0.2, -0.15) is 22.2 Å². The fraction of sp³-hybridized carbons (Fsp3) is 0.571. The van der Waals surface area contributed by atoms with Gasteiger partial charge in [-0.15, -0.1) is 0 Å². The van der Waals surface area contributed by atoms with Gasteiger partial charge in [0.25, 0.3) is 0 Å². The summed E-state index contributed by atoms with van der Waals surface area (Å²) in [6, 6.07) is 1.83. The molecule has 2 unspecified atom stereocenters. The fourth-order valence-electron chi connectivity index (χ4n) is 3.34. The fourth-order valence-corrected chi connectivity index (χ4v) is 3.72. The smallest absolute Gasteiger partial charge is 0.394 e. The summed E-state index contributed by atoms with van der Waals surface area (Å²) < 4.78 is 37.1. The lowest BCUT2D eigenvalue weighted by Gasteiger charge is -2.40. The molecule has 3 rings (SSSR count). The van der Waals surface area contributed by atoms with Crippen LogP contribution in [-0.2, 0) is 14.6 Å². The summed E-state index contributed by atoms with van der Waals surface area (Å²) in [5, 5.41) is 7.58. The van der Waals surface area contributed by atoms with Gasteiger partial charge in [-0.1, -0.05) is 0 Å². The van der Waals surface area contributed by atoms with Crippen molar-refractivity contribution in [2.24, 2.45) is 5.92 Å². The third kappa shape index (κ3) is 4.37. The SMILES string of the molecule is C[N+]1(COS(=O)(=O)O)CCCC(CNc2ccnc3c(N)cnn23)C1.